The molecule has 1 aromatic carbocycles. The molecule has 0 bridgehead atoms. The first-order valence-corrected chi connectivity index (χ1v) is 8.26. The van der Waals surface area contributed by atoms with Crippen molar-refractivity contribution in [1.82, 2.24) is 14.9 Å². The van der Waals surface area contributed by atoms with Gasteiger partial charge in [0.15, 0.2) is 6.29 Å². The minimum Gasteiger partial charge on any atom is -0.359 e. The molecule has 0 saturated carbocycles. The number of carbonyl (C=O) groups is 1. The highest BCUT2D eigenvalue weighted by molar-refractivity contribution is 8.09. The van der Waals surface area contributed by atoms with Crippen LogP contribution in [0.5, 0.6) is 0 Å². The Labute approximate surface area is 143 Å². The lowest BCUT2D eigenvalue weighted by Gasteiger charge is -2.16. The Hall–Kier alpha value is -2.05. The quantitative estimate of drug-likeness (QED) is 0.850. The van der Waals surface area contributed by atoms with E-state index < -0.39 is 0 Å². The lowest BCUT2D eigenvalue weighted by atomic mass is 10.3. The number of allylic oxidation sites excluding steroid dienone is 1. The van der Waals surface area contributed by atoms with E-state index in [0.29, 0.717) is 11.0 Å². The lowest BCUT2D eigenvalue weighted by molar-refractivity contribution is -0.109. The highest BCUT2D eigenvalue weighted by Crippen LogP contribution is 2.41. The van der Waals surface area contributed by atoms with Crippen LogP contribution in [-0.4, -0.2) is 33.6 Å². The van der Waals surface area contributed by atoms with Gasteiger partial charge in [-0.25, -0.2) is 9.97 Å². The molecule has 2 heterocycles. The fourth-order valence-electron chi connectivity index (χ4n) is 2.21. The highest BCUT2D eigenvalue weighted by Gasteiger charge is 2.28. The number of carbonyl (C=O) groups excluding carboxylic acids is 1. The van der Waals surface area contributed by atoms with E-state index in [2.05, 4.69) is 15.3 Å². The van der Waals surface area contributed by atoms with Crippen LogP contribution >= 0.6 is 23.4 Å². The molecule has 0 radical (unpaired) electrons. The lowest BCUT2D eigenvalue weighted by Crippen LogP contribution is -2.23. The molecular weight excluding hydrogens is 332 g/mol. The van der Waals surface area contributed by atoms with Gasteiger partial charge in [0.25, 0.3) is 0 Å². The molecule has 0 amide bonds. The minimum absolute atomic E-state index is 0.201. The van der Waals surface area contributed by atoms with Crippen LogP contribution in [0.15, 0.2) is 42.2 Å². The molecule has 7 heteroatoms. The second-order valence-corrected chi connectivity index (χ2v) is 6.63. The molecule has 1 N–H and O–H groups in total. The molecule has 1 aliphatic heterocycles. The van der Waals surface area contributed by atoms with Crippen LogP contribution in [0.25, 0.3) is 4.91 Å². The van der Waals surface area contributed by atoms with Crippen LogP contribution in [0.1, 0.15) is 12.6 Å². The van der Waals surface area contributed by atoms with Gasteiger partial charge in [-0.3, -0.25) is 0 Å². The number of likely N-dealkylation sites (N-methyl/N-ethyl adjacent to an activating group) is 1. The predicted octanol–water partition coefficient (Wildman–Crippen LogP) is 3.77. The van der Waals surface area contributed by atoms with E-state index in [1.807, 2.05) is 37.1 Å². The maximum atomic E-state index is 11.1. The van der Waals surface area contributed by atoms with E-state index in [9.17, 15) is 4.79 Å². The number of anilines is 2. The molecule has 0 spiro atoms. The first-order valence-electron chi connectivity index (χ1n) is 7.00. The average molecular weight is 347 g/mol. The van der Waals surface area contributed by atoms with Crippen molar-refractivity contribution in [1.29, 1.82) is 0 Å². The van der Waals surface area contributed by atoms with Crippen LogP contribution < -0.4 is 5.32 Å². The Bertz CT molecular complexity index is 763. The Morgan fingerprint density at radius 3 is 2.70 bits per heavy atom. The highest BCUT2D eigenvalue weighted by atomic mass is 35.5. The van der Waals surface area contributed by atoms with Gasteiger partial charge < -0.3 is 15.0 Å². The van der Waals surface area contributed by atoms with Gasteiger partial charge in [0.05, 0.1) is 10.6 Å². The molecule has 2 aromatic rings. The fourth-order valence-corrected chi connectivity index (χ4v) is 3.50. The van der Waals surface area contributed by atoms with Crippen molar-refractivity contribution < 1.29 is 4.79 Å². The molecular formula is C16H15ClN4OS. The Morgan fingerprint density at radius 1 is 1.30 bits per heavy atom. The summed E-state index contributed by atoms with van der Waals surface area (Å²) in [6.07, 6.45) is 2.64. The maximum Gasteiger partial charge on any atom is 0.227 e. The third-order valence-corrected chi connectivity index (χ3v) is 5.24. The molecule has 23 heavy (non-hydrogen) atoms. The number of halogens is 1. The molecule has 1 atom stereocenters. The van der Waals surface area contributed by atoms with E-state index in [4.69, 9.17) is 11.6 Å². The monoisotopic (exact) mass is 346 g/mol. The van der Waals surface area contributed by atoms with Crippen LogP contribution in [0.2, 0.25) is 5.02 Å². The van der Waals surface area contributed by atoms with Crippen molar-refractivity contribution in [2.45, 2.75) is 12.3 Å². The van der Waals surface area contributed by atoms with E-state index in [0.717, 1.165) is 28.3 Å². The standard InChI is InChI=1S/C16H15ClN4OS/c1-10-15(23-14(9-22)21(10)2)13-7-8-18-16(20-13)19-12-5-3-11(17)4-6-12/h3-9,14H,1-2H3,(H,18,19,20). The molecule has 0 fully saturated rings. The number of aldehydes is 1. The van der Waals surface area contributed by atoms with Crippen molar-refractivity contribution >= 4 is 46.2 Å². The number of hydrogen-bond acceptors (Lipinski definition) is 6. The summed E-state index contributed by atoms with van der Waals surface area (Å²) in [6, 6.07) is 9.18. The third-order valence-electron chi connectivity index (χ3n) is 3.58. The second-order valence-electron chi connectivity index (χ2n) is 5.07. The van der Waals surface area contributed by atoms with Crippen molar-refractivity contribution in [3.63, 3.8) is 0 Å². The molecule has 118 valence electrons. The average Bonchev–Trinajstić information content (AvgIpc) is 2.85. The smallest absolute Gasteiger partial charge is 0.227 e. The summed E-state index contributed by atoms with van der Waals surface area (Å²) in [6.45, 7) is 1.99. The van der Waals surface area contributed by atoms with Gasteiger partial charge in [0, 0.05) is 29.7 Å². The van der Waals surface area contributed by atoms with Gasteiger partial charge in [0.2, 0.25) is 5.95 Å². The van der Waals surface area contributed by atoms with Gasteiger partial charge in [-0.05, 0) is 37.3 Å². The molecule has 0 saturated heterocycles. The van der Waals surface area contributed by atoms with Gasteiger partial charge in [0.1, 0.15) is 5.37 Å². The topological polar surface area (TPSA) is 58.1 Å². The first-order chi connectivity index (χ1) is 11.1. The summed E-state index contributed by atoms with van der Waals surface area (Å²) < 4.78 is 0. The normalized spacial score (nSPS) is 17.5. The van der Waals surface area contributed by atoms with E-state index in [1.165, 1.54) is 11.8 Å². The van der Waals surface area contributed by atoms with Crippen LogP contribution in [-0.2, 0) is 4.79 Å². The van der Waals surface area contributed by atoms with Crippen LogP contribution in [0.3, 0.4) is 0 Å². The minimum atomic E-state index is -0.201. The number of nitrogens with zero attached hydrogens (tertiary/aromatic N) is 3. The van der Waals surface area contributed by atoms with E-state index in [1.54, 1.807) is 18.3 Å². The molecule has 1 unspecified atom stereocenters. The zero-order chi connectivity index (χ0) is 16.4. The summed E-state index contributed by atoms with van der Waals surface area (Å²) in [5.41, 5.74) is 2.69. The Balaban J connectivity index is 1.86. The predicted molar refractivity (Wildman–Crippen MR) is 94.6 cm³/mol. The maximum absolute atomic E-state index is 11.1. The number of nitrogens with one attached hydrogen (secondary N) is 1. The molecule has 5 nitrogen and oxygen atoms in total. The summed E-state index contributed by atoms with van der Waals surface area (Å²) in [4.78, 5) is 22.9. The van der Waals surface area contributed by atoms with Gasteiger partial charge in [-0.2, -0.15) is 0 Å². The van der Waals surface area contributed by atoms with Crippen LogP contribution in [0.4, 0.5) is 11.6 Å². The zero-order valence-corrected chi connectivity index (χ0v) is 14.2. The Kier molecular flexibility index (Phi) is 4.54. The zero-order valence-electron chi connectivity index (χ0n) is 12.7. The number of thioether (sulfide) groups is 1. The number of hydrogen-bond donors (Lipinski definition) is 1. The summed E-state index contributed by atoms with van der Waals surface area (Å²) in [7, 11) is 1.91. The number of aromatic nitrogens is 2. The van der Waals surface area contributed by atoms with Gasteiger partial charge in [-0.1, -0.05) is 23.4 Å². The molecule has 1 aliphatic rings. The van der Waals surface area contributed by atoms with E-state index >= 15 is 0 Å². The van der Waals surface area contributed by atoms with Crippen molar-refractivity contribution in [3.05, 3.63) is 52.9 Å². The SMILES string of the molecule is CC1=C(c2ccnc(Nc3ccc(Cl)cc3)n2)SC(C=O)N1C. The fraction of sp³-hybridized carbons (Fsp3) is 0.188. The molecule has 3 rings (SSSR count). The van der Waals surface area contributed by atoms with Crippen molar-refractivity contribution in [2.24, 2.45) is 0 Å². The molecule has 1 aromatic heterocycles. The number of rotatable bonds is 4. The van der Waals surface area contributed by atoms with E-state index in [-0.39, 0.29) is 5.37 Å². The number of benzene rings is 1. The van der Waals surface area contributed by atoms with Gasteiger partial charge in [-0.15, -0.1) is 0 Å². The first kappa shape index (κ1) is 15.8. The van der Waals surface area contributed by atoms with Crippen LogP contribution in [0, 0.1) is 0 Å². The Morgan fingerprint density at radius 2 is 2.04 bits per heavy atom. The summed E-state index contributed by atoms with van der Waals surface area (Å²) in [5.74, 6) is 0.503. The third kappa shape index (κ3) is 3.33. The van der Waals surface area contributed by atoms with Crippen molar-refractivity contribution in [3.8, 4) is 0 Å². The van der Waals surface area contributed by atoms with Crippen molar-refractivity contribution in [2.75, 3.05) is 12.4 Å². The second kappa shape index (κ2) is 6.60. The largest absolute Gasteiger partial charge is 0.359 e. The molecule has 0 aliphatic carbocycles. The summed E-state index contributed by atoms with van der Waals surface area (Å²) in [5, 5.41) is 3.63. The summed E-state index contributed by atoms with van der Waals surface area (Å²) >= 11 is 7.38. The van der Waals surface area contributed by atoms with Gasteiger partial charge >= 0.3 is 0 Å².